The molecule has 5 aromatic carbocycles. The molecule has 0 spiro atoms. The third kappa shape index (κ3) is 3.96. The molecule has 7 rings (SSSR count). The van der Waals surface area contributed by atoms with Crippen molar-refractivity contribution < 1.29 is 0 Å². The van der Waals surface area contributed by atoms with E-state index in [1.807, 2.05) is 72.0 Å². The summed E-state index contributed by atoms with van der Waals surface area (Å²) in [7, 11) is 0. The molecular weight excluding hydrogens is 482 g/mol. The van der Waals surface area contributed by atoms with Crippen molar-refractivity contribution in [3.63, 3.8) is 0 Å². The Hall–Kier alpha value is -4.67. The number of hydrogen-bond acceptors (Lipinski definition) is 4. The molecule has 3 nitrogen and oxygen atoms in total. The van der Waals surface area contributed by atoms with Crippen molar-refractivity contribution in [3.8, 4) is 45.3 Å². The summed E-state index contributed by atoms with van der Waals surface area (Å²) < 4.78 is 2.48. The summed E-state index contributed by atoms with van der Waals surface area (Å²) in [6.45, 7) is 2.14. The Kier molecular flexibility index (Phi) is 5.53. The van der Waals surface area contributed by atoms with Crippen molar-refractivity contribution in [1.29, 1.82) is 0 Å². The molecule has 38 heavy (non-hydrogen) atoms. The van der Waals surface area contributed by atoms with Crippen LogP contribution in [0.2, 0.25) is 0 Å². The van der Waals surface area contributed by atoms with Crippen molar-refractivity contribution in [1.82, 2.24) is 15.0 Å². The SMILES string of the molecule is Cc1cccc(-c2cccc3sc4cccc(-c5nc(-c6ccccc6)nc(-c6ccccc6)n5)c4c23)c1. The van der Waals surface area contributed by atoms with Crippen LogP contribution in [0.4, 0.5) is 0 Å². The van der Waals surface area contributed by atoms with Gasteiger partial charge in [0.2, 0.25) is 0 Å². The second-order valence-electron chi connectivity index (χ2n) is 9.37. The number of benzene rings is 5. The van der Waals surface area contributed by atoms with E-state index >= 15 is 0 Å². The fourth-order valence-electron chi connectivity index (χ4n) is 5.04. The van der Waals surface area contributed by atoms with Crippen molar-refractivity contribution in [2.45, 2.75) is 6.92 Å². The highest BCUT2D eigenvalue weighted by molar-refractivity contribution is 7.26. The zero-order valence-corrected chi connectivity index (χ0v) is 21.6. The summed E-state index contributed by atoms with van der Waals surface area (Å²) in [5.74, 6) is 2.02. The molecular formula is C34H23N3S. The summed E-state index contributed by atoms with van der Waals surface area (Å²) in [5, 5.41) is 2.44. The van der Waals surface area contributed by atoms with Crippen molar-refractivity contribution in [2.24, 2.45) is 0 Å². The van der Waals surface area contributed by atoms with Crippen LogP contribution in [0.15, 0.2) is 121 Å². The Balaban J connectivity index is 1.54. The van der Waals surface area contributed by atoms with Crippen LogP contribution in [0.25, 0.3) is 65.5 Å². The van der Waals surface area contributed by atoms with Gasteiger partial charge < -0.3 is 0 Å². The lowest BCUT2D eigenvalue weighted by Crippen LogP contribution is -2.00. The molecule has 2 aromatic heterocycles. The molecule has 0 aliphatic rings. The lowest BCUT2D eigenvalue weighted by Gasteiger charge is -2.11. The molecule has 0 fully saturated rings. The number of nitrogens with zero attached hydrogens (tertiary/aromatic N) is 3. The Morgan fingerprint density at radius 2 is 0.947 bits per heavy atom. The predicted octanol–water partition coefficient (Wildman–Crippen LogP) is 9.22. The molecule has 2 heterocycles. The first-order valence-corrected chi connectivity index (χ1v) is 13.4. The van der Waals surface area contributed by atoms with Crippen LogP contribution in [-0.4, -0.2) is 15.0 Å². The van der Waals surface area contributed by atoms with Crippen LogP contribution >= 0.6 is 11.3 Å². The third-order valence-corrected chi connectivity index (χ3v) is 7.91. The number of aryl methyl sites for hydroxylation is 1. The van der Waals surface area contributed by atoms with Crippen molar-refractivity contribution in [2.75, 3.05) is 0 Å². The van der Waals surface area contributed by atoms with E-state index in [0.29, 0.717) is 17.5 Å². The van der Waals surface area contributed by atoms with Gasteiger partial charge in [-0.15, -0.1) is 11.3 Å². The first-order valence-electron chi connectivity index (χ1n) is 12.6. The first-order chi connectivity index (χ1) is 18.7. The van der Waals surface area contributed by atoms with Gasteiger partial charge in [-0.25, -0.2) is 15.0 Å². The normalized spacial score (nSPS) is 11.3. The molecule has 0 saturated carbocycles. The van der Waals surface area contributed by atoms with E-state index in [1.165, 1.54) is 36.9 Å². The zero-order valence-electron chi connectivity index (χ0n) is 20.8. The highest BCUT2D eigenvalue weighted by atomic mass is 32.1. The Morgan fingerprint density at radius 1 is 0.447 bits per heavy atom. The smallest absolute Gasteiger partial charge is 0.164 e. The maximum Gasteiger partial charge on any atom is 0.164 e. The molecule has 0 N–H and O–H groups in total. The van der Waals surface area contributed by atoms with Gasteiger partial charge >= 0.3 is 0 Å². The molecule has 0 aliphatic carbocycles. The van der Waals surface area contributed by atoms with Gasteiger partial charge in [-0.2, -0.15) is 0 Å². The van der Waals surface area contributed by atoms with Gasteiger partial charge in [0.1, 0.15) is 0 Å². The second-order valence-corrected chi connectivity index (χ2v) is 10.5. The van der Waals surface area contributed by atoms with Gasteiger partial charge in [0.15, 0.2) is 17.5 Å². The summed E-state index contributed by atoms with van der Waals surface area (Å²) in [6.07, 6.45) is 0. The summed E-state index contributed by atoms with van der Waals surface area (Å²) in [4.78, 5) is 15.0. The van der Waals surface area contributed by atoms with E-state index in [9.17, 15) is 0 Å². The fourth-order valence-corrected chi connectivity index (χ4v) is 6.19. The average Bonchev–Trinajstić information content (AvgIpc) is 3.37. The monoisotopic (exact) mass is 505 g/mol. The maximum atomic E-state index is 5.03. The van der Waals surface area contributed by atoms with Crippen molar-refractivity contribution in [3.05, 3.63) is 127 Å². The van der Waals surface area contributed by atoms with Crippen LogP contribution in [0.5, 0.6) is 0 Å². The highest BCUT2D eigenvalue weighted by Crippen LogP contribution is 2.44. The van der Waals surface area contributed by atoms with Gasteiger partial charge in [0, 0.05) is 36.9 Å². The first kappa shape index (κ1) is 22.5. The minimum atomic E-state index is 0.671. The predicted molar refractivity (Wildman–Crippen MR) is 159 cm³/mol. The molecule has 0 unspecified atom stereocenters. The lowest BCUT2D eigenvalue weighted by atomic mass is 9.96. The number of hydrogen-bond donors (Lipinski definition) is 0. The quantitative estimate of drug-likeness (QED) is 0.239. The van der Waals surface area contributed by atoms with E-state index in [1.54, 1.807) is 0 Å². The van der Waals surface area contributed by atoms with E-state index in [2.05, 4.69) is 67.6 Å². The van der Waals surface area contributed by atoms with Gasteiger partial charge in [0.05, 0.1) is 0 Å². The van der Waals surface area contributed by atoms with E-state index < -0.39 is 0 Å². The molecule has 0 bridgehead atoms. The molecule has 180 valence electrons. The number of fused-ring (bicyclic) bond motifs is 3. The van der Waals surface area contributed by atoms with E-state index in [-0.39, 0.29) is 0 Å². The van der Waals surface area contributed by atoms with Gasteiger partial charge in [-0.05, 0) is 30.2 Å². The average molecular weight is 506 g/mol. The van der Waals surface area contributed by atoms with E-state index in [0.717, 1.165) is 16.7 Å². The number of aromatic nitrogens is 3. The van der Waals surface area contributed by atoms with Crippen LogP contribution in [0, 0.1) is 6.92 Å². The van der Waals surface area contributed by atoms with Crippen LogP contribution in [-0.2, 0) is 0 Å². The highest BCUT2D eigenvalue weighted by Gasteiger charge is 2.18. The minimum Gasteiger partial charge on any atom is -0.208 e. The van der Waals surface area contributed by atoms with Gasteiger partial charge in [-0.3, -0.25) is 0 Å². The fraction of sp³-hybridized carbons (Fsp3) is 0.0294. The Morgan fingerprint density at radius 3 is 1.55 bits per heavy atom. The number of thiophene rings is 1. The molecule has 0 aliphatic heterocycles. The number of rotatable bonds is 4. The van der Waals surface area contributed by atoms with Crippen LogP contribution < -0.4 is 0 Å². The Labute approximate surface area is 225 Å². The third-order valence-electron chi connectivity index (χ3n) is 6.79. The molecule has 4 heteroatoms. The molecule has 0 radical (unpaired) electrons. The van der Waals surface area contributed by atoms with Crippen LogP contribution in [0.3, 0.4) is 0 Å². The maximum absolute atomic E-state index is 5.03. The summed E-state index contributed by atoms with van der Waals surface area (Å²) in [6, 6.07) is 42.0. The summed E-state index contributed by atoms with van der Waals surface area (Å²) >= 11 is 1.81. The standard InChI is InChI=1S/C34H23N3S/c1-22-11-8-16-25(21-22)26-17-9-19-28-30(26)31-27(18-10-20-29(31)38-28)34-36-32(23-12-4-2-5-13-23)35-33(37-34)24-14-6-3-7-15-24/h2-21H,1H3. The Bertz CT molecular complexity index is 1870. The summed E-state index contributed by atoms with van der Waals surface area (Å²) in [5.41, 5.74) is 6.65. The lowest BCUT2D eigenvalue weighted by molar-refractivity contribution is 1.08. The van der Waals surface area contributed by atoms with Crippen LogP contribution in [0.1, 0.15) is 5.56 Å². The molecule has 0 amide bonds. The van der Waals surface area contributed by atoms with Gasteiger partial charge in [0.25, 0.3) is 0 Å². The van der Waals surface area contributed by atoms with Crippen molar-refractivity contribution >= 4 is 31.5 Å². The zero-order chi connectivity index (χ0) is 25.5. The van der Waals surface area contributed by atoms with Gasteiger partial charge in [-0.1, -0.05) is 115 Å². The minimum absolute atomic E-state index is 0.671. The topological polar surface area (TPSA) is 38.7 Å². The molecule has 0 saturated heterocycles. The second kappa shape index (κ2) is 9.33. The largest absolute Gasteiger partial charge is 0.208 e. The molecule has 7 aromatic rings. The van der Waals surface area contributed by atoms with E-state index in [4.69, 9.17) is 15.0 Å². The molecule has 0 atom stereocenters.